The maximum absolute atomic E-state index is 12.6. The molecule has 1 heterocycles. The van der Waals surface area contributed by atoms with E-state index in [0.717, 1.165) is 29.2 Å². The number of anilines is 2. The summed E-state index contributed by atoms with van der Waals surface area (Å²) in [6, 6.07) is 14.9. The fraction of sp³-hybridized carbons (Fsp3) is 0.357. The zero-order valence-electron chi connectivity index (χ0n) is 22.2. The third-order valence-corrected chi connectivity index (χ3v) is 6.61. The zero-order chi connectivity index (χ0) is 28.5. The average Bonchev–Trinajstić information content (AvgIpc) is 2.85. The van der Waals surface area contributed by atoms with Gasteiger partial charge in [-0.2, -0.15) is 11.8 Å². The third-order valence-electron chi connectivity index (χ3n) is 5.25. The van der Waals surface area contributed by atoms with Gasteiger partial charge in [-0.1, -0.05) is 32.0 Å². The molecule has 2 aromatic carbocycles. The molecule has 11 heteroatoms. The Labute approximate surface area is 230 Å². The lowest BCUT2D eigenvalue weighted by Crippen LogP contribution is -2.24. The number of thioether (sulfide) groups is 1. The van der Waals surface area contributed by atoms with Crippen LogP contribution in [0.25, 0.3) is 0 Å². The Morgan fingerprint density at radius 2 is 1.72 bits per heavy atom. The van der Waals surface area contributed by atoms with Gasteiger partial charge in [-0.15, -0.1) is 13.2 Å². The fourth-order valence-electron chi connectivity index (χ4n) is 3.50. The highest BCUT2D eigenvalue weighted by Crippen LogP contribution is 2.36. The SMILES string of the molecule is CC(C)CSCCOC(C)(C)c1ccccc1Oc1ncccc1NC(=O)Nc1ccc(OC(F)(F)F)cc1. The van der Waals surface area contributed by atoms with E-state index in [4.69, 9.17) is 9.47 Å². The smallest absolute Gasteiger partial charge is 0.437 e. The van der Waals surface area contributed by atoms with Crippen molar-refractivity contribution < 1.29 is 32.2 Å². The van der Waals surface area contributed by atoms with Crippen molar-refractivity contribution in [3.63, 3.8) is 0 Å². The lowest BCUT2D eigenvalue weighted by atomic mass is 9.97. The topological polar surface area (TPSA) is 81.7 Å². The zero-order valence-corrected chi connectivity index (χ0v) is 23.0. The number of ether oxygens (including phenoxy) is 3. The second-order valence-corrected chi connectivity index (χ2v) is 10.6. The molecular formula is C28H32F3N3O4S. The van der Waals surface area contributed by atoms with E-state index in [9.17, 15) is 18.0 Å². The van der Waals surface area contributed by atoms with Crippen LogP contribution in [0.1, 0.15) is 33.3 Å². The van der Waals surface area contributed by atoms with Crippen LogP contribution in [0.15, 0.2) is 66.9 Å². The van der Waals surface area contributed by atoms with Crippen LogP contribution >= 0.6 is 11.8 Å². The van der Waals surface area contributed by atoms with Gasteiger partial charge in [-0.25, -0.2) is 9.78 Å². The Kier molecular flexibility index (Phi) is 10.5. The highest BCUT2D eigenvalue weighted by atomic mass is 32.2. The number of halogens is 3. The Morgan fingerprint density at radius 1 is 1.00 bits per heavy atom. The lowest BCUT2D eigenvalue weighted by Gasteiger charge is -2.28. The largest absolute Gasteiger partial charge is 0.573 e. The molecular weight excluding hydrogens is 531 g/mol. The van der Waals surface area contributed by atoms with E-state index in [2.05, 4.69) is 34.2 Å². The van der Waals surface area contributed by atoms with Gasteiger partial charge in [0, 0.05) is 23.2 Å². The van der Waals surface area contributed by atoms with Crippen molar-refractivity contribution in [2.45, 2.75) is 39.7 Å². The number of para-hydroxylation sites is 1. The Bertz CT molecular complexity index is 1220. The number of rotatable bonds is 12. The molecule has 0 spiro atoms. The minimum atomic E-state index is -4.80. The minimum Gasteiger partial charge on any atom is -0.437 e. The molecule has 3 aromatic rings. The van der Waals surface area contributed by atoms with Gasteiger partial charge in [0.25, 0.3) is 0 Å². The summed E-state index contributed by atoms with van der Waals surface area (Å²) in [6.07, 6.45) is -3.26. The molecule has 0 aliphatic carbocycles. The van der Waals surface area contributed by atoms with Gasteiger partial charge >= 0.3 is 12.4 Å². The summed E-state index contributed by atoms with van der Waals surface area (Å²) < 4.78 is 53.3. The third kappa shape index (κ3) is 9.99. The molecule has 2 amide bonds. The number of nitrogens with zero attached hydrogens (tertiary/aromatic N) is 1. The fourth-order valence-corrected chi connectivity index (χ4v) is 4.34. The van der Waals surface area contributed by atoms with Crippen molar-refractivity contribution in [3.05, 3.63) is 72.4 Å². The van der Waals surface area contributed by atoms with Crippen LogP contribution in [0.4, 0.5) is 29.3 Å². The number of alkyl halides is 3. The van der Waals surface area contributed by atoms with E-state index in [0.29, 0.717) is 24.0 Å². The van der Waals surface area contributed by atoms with Crippen molar-refractivity contribution in [1.82, 2.24) is 4.98 Å². The van der Waals surface area contributed by atoms with Gasteiger partial charge in [-0.3, -0.25) is 0 Å². The van der Waals surface area contributed by atoms with E-state index in [1.54, 1.807) is 18.2 Å². The first kappa shape index (κ1) is 30.1. The van der Waals surface area contributed by atoms with Gasteiger partial charge in [0.1, 0.15) is 17.2 Å². The molecule has 3 rings (SSSR count). The second-order valence-electron chi connectivity index (χ2n) is 9.43. The molecule has 0 atom stereocenters. The normalized spacial score (nSPS) is 11.8. The lowest BCUT2D eigenvalue weighted by molar-refractivity contribution is -0.274. The van der Waals surface area contributed by atoms with E-state index in [1.165, 1.54) is 18.3 Å². The molecule has 0 unspecified atom stereocenters. The molecule has 0 aliphatic heterocycles. The van der Waals surface area contributed by atoms with Gasteiger partial charge in [0.2, 0.25) is 5.88 Å². The molecule has 210 valence electrons. The Hall–Kier alpha value is -3.44. The maximum Gasteiger partial charge on any atom is 0.573 e. The predicted molar refractivity (Wildman–Crippen MR) is 148 cm³/mol. The van der Waals surface area contributed by atoms with Crippen LogP contribution in [0, 0.1) is 5.92 Å². The van der Waals surface area contributed by atoms with Crippen molar-refractivity contribution in [3.8, 4) is 17.4 Å². The van der Waals surface area contributed by atoms with Gasteiger partial charge in [0.15, 0.2) is 0 Å². The van der Waals surface area contributed by atoms with Gasteiger partial charge in [-0.05, 0) is 68.0 Å². The summed E-state index contributed by atoms with van der Waals surface area (Å²) in [5, 5.41) is 5.22. The molecule has 0 saturated carbocycles. The molecule has 2 N–H and O–H groups in total. The number of benzene rings is 2. The summed E-state index contributed by atoms with van der Waals surface area (Å²) in [4.78, 5) is 16.9. The Balaban J connectivity index is 1.66. The van der Waals surface area contributed by atoms with Crippen molar-refractivity contribution in [2.75, 3.05) is 28.7 Å². The van der Waals surface area contributed by atoms with Crippen molar-refractivity contribution >= 4 is 29.2 Å². The quantitative estimate of drug-likeness (QED) is 0.217. The first-order valence-electron chi connectivity index (χ1n) is 12.3. The van der Waals surface area contributed by atoms with Gasteiger partial charge in [0.05, 0.1) is 12.2 Å². The number of pyridine rings is 1. The molecule has 0 aliphatic rings. The summed E-state index contributed by atoms with van der Waals surface area (Å²) in [5.74, 6) is 2.88. The average molecular weight is 564 g/mol. The number of amides is 2. The summed E-state index contributed by atoms with van der Waals surface area (Å²) >= 11 is 1.85. The van der Waals surface area contributed by atoms with E-state index in [1.807, 2.05) is 43.8 Å². The van der Waals surface area contributed by atoms with Crippen LogP contribution in [0.2, 0.25) is 0 Å². The number of hydrogen-bond acceptors (Lipinski definition) is 6. The number of carbonyl (C=O) groups is 1. The van der Waals surface area contributed by atoms with Crippen molar-refractivity contribution in [2.24, 2.45) is 5.92 Å². The number of carbonyl (C=O) groups excluding carboxylic acids is 1. The number of aromatic nitrogens is 1. The predicted octanol–water partition coefficient (Wildman–Crippen LogP) is 8.06. The highest BCUT2D eigenvalue weighted by molar-refractivity contribution is 7.99. The van der Waals surface area contributed by atoms with E-state index in [-0.39, 0.29) is 11.6 Å². The number of nitrogens with one attached hydrogen (secondary N) is 2. The van der Waals surface area contributed by atoms with E-state index < -0.39 is 23.7 Å². The summed E-state index contributed by atoms with van der Waals surface area (Å²) in [7, 11) is 0. The van der Waals surface area contributed by atoms with Crippen molar-refractivity contribution in [1.29, 1.82) is 0 Å². The second kappa shape index (κ2) is 13.6. The van der Waals surface area contributed by atoms with Crippen LogP contribution in [0.5, 0.6) is 17.4 Å². The van der Waals surface area contributed by atoms with Crippen LogP contribution in [-0.2, 0) is 10.3 Å². The number of urea groups is 1. The molecule has 39 heavy (non-hydrogen) atoms. The maximum atomic E-state index is 12.6. The highest BCUT2D eigenvalue weighted by Gasteiger charge is 2.31. The van der Waals surface area contributed by atoms with Crippen LogP contribution in [0.3, 0.4) is 0 Å². The molecule has 0 saturated heterocycles. The van der Waals surface area contributed by atoms with Crippen LogP contribution in [-0.4, -0.2) is 35.5 Å². The molecule has 0 fully saturated rings. The standard InChI is InChI=1S/C28H32F3N3O4S/c1-19(2)18-39-17-16-36-27(3,4)22-8-5-6-10-24(22)37-25-23(9-7-15-32-25)34-26(35)33-20-11-13-21(14-12-20)38-28(29,30)31/h5-15,19H,16-18H2,1-4H3,(H2,33,34,35). The first-order valence-corrected chi connectivity index (χ1v) is 13.5. The molecule has 0 bridgehead atoms. The summed E-state index contributed by atoms with van der Waals surface area (Å²) in [6.45, 7) is 8.89. The molecule has 7 nitrogen and oxygen atoms in total. The van der Waals surface area contributed by atoms with E-state index >= 15 is 0 Å². The molecule has 1 aromatic heterocycles. The first-order chi connectivity index (χ1) is 18.4. The summed E-state index contributed by atoms with van der Waals surface area (Å²) in [5.41, 5.74) is 0.743. The minimum absolute atomic E-state index is 0.164. The number of hydrogen-bond donors (Lipinski definition) is 2. The Morgan fingerprint density at radius 3 is 2.41 bits per heavy atom. The van der Waals surface area contributed by atoms with Gasteiger partial charge < -0.3 is 24.8 Å². The molecule has 0 radical (unpaired) electrons. The van der Waals surface area contributed by atoms with Crippen LogP contribution < -0.4 is 20.1 Å². The monoisotopic (exact) mass is 563 g/mol.